The fraction of sp³-hybridized carbons (Fsp3) is 0.350. The molecule has 1 aliphatic rings. The van der Waals surface area contributed by atoms with Crippen LogP contribution in [-0.4, -0.2) is 29.8 Å². The van der Waals surface area contributed by atoms with Crippen molar-refractivity contribution in [1.29, 1.82) is 0 Å². The van der Waals surface area contributed by atoms with Gasteiger partial charge in [0.1, 0.15) is 5.75 Å². The van der Waals surface area contributed by atoms with Crippen LogP contribution in [0.1, 0.15) is 24.0 Å². The molecule has 2 aromatic rings. The topological polar surface area (TPSA) is 58.6 Å². The average molecular weight is 325 g/mol. The van der Waals surface area contributed by atoms with Crippen molar-refractivity contribution in [3.05, 3.63) is 53.6 Å². The van der Waals surface area contributed by atoms with Crippen LogP contribution in [0.3, 0.4) is 0 Å². The van der Waals surface area contributed by atoms with Crippen molar-refractivity contribution in [2.24, 2.45) is 0 Å². The molecule has 0 unspecified atom stereocenters. The molecule has 0 aliphatic carbocycles. The average Bonchev–Trinajstić information content (AvgIpc) is 2.58. The Labute approximate surface area is 142 Å². The van der Waals surface area contributed by atoms with E-state index in [1.807, 2.05) is 30.3 Å². The number of aryl methyl sites for hydroxylation is 1. The number of piperidine rings is 1. The van der Waals surface area contributed by atoms with Crippen LogP contribution in [0.2, 0.25) is 0 Å². The number of benzene rings is 2. The number of hydrogen-bond acceptors (Lipinski definition) is 3. The molecule has 2 aromatic carbocycles. The second-order valence-electron chi connectivity index (χ2n) is 6.43. The molecule has 1 aliphatic heterocycles. The van der Waals surface area contributed by atoms with Gasteiger partial charge in [-0.15, -0.1) is 0 Å². The molecule has 4 heteroatoms. The summed E-state index contributed by atoms with van der Waals surface area (Å²) in [6.45, 7) is 5.50. The summed E-state index contributed by atoms with van der Waals surface area (Å²) >= 11 is 0. The van der Waals surface area contributed by atoms with Gasteiger partial charge in [-0.1, -0.05) is 30.3 Å². The third-order valence-corrected chi connectivity index (χ3v) is 4.86. The fourth-order valence-corrected chi connectivity index (χ4v) is 3.21. The number of rotatable bonds is 4. The van der Waals surface area contributed by atoms with Crippen LogP contribution in [-0.2, 0) is 4.79 Å². The number of aliphatic carboxylic acids is 1. The molecule has 0 saturated carbocycles. The lowest BCUT2D eigenvalue weighted by Crippen LogP contribution is -2.52. The van der Waals surface area contributed by atoms with Crippen LogP contribution in [0.15, 0.2) is 42.5 Å². The van der Waals surface area contributed by atoms with Crippen LogP contribution in [0, 0.1) is 13.8 Å². The summed E-state index contributed by atoms with van der Waals surface area (Å²) in [6, 6.07) is 13.9. The Kier molecular flexibility index (Phi) is 4.58. The molecule has 1 saturated heterocycles. The second-order valence-corrected chi connectivity index (χ2v) is 6.43. The predicted octanol–water partition coefficient (Wildman–Crippen LogP) is 3.56. The summed E-state index contributed by atoms with van der Waals surface area (Å²) in [5.74, 6) is -0.279. The molecule has 126 valence electrons. The van der Waals surface area contributed by atoms with Gasteiger partial charge in [-0.3, -0.25) is 0 Å². The Bertz CT molecular complexity index is 748. The number of nitrogens with one attached hydrogen (secondary N) is 1. The van der Waals surface area contributed by atoms with E-state index in [1.165, 1.54) is 11.1 Å². The highest BCUT2D eigenvalue weighted by molar-refractivity contribution is 5.78. The molecular formula is C20H23NO3. The van der Waals surface area contributed by atoms with E-state index in [1.54, 1.807) is 0 Å². The third kappa shape index (κ3) is 3.15. The van der Waals surface area contributed by atoms with Crippen molar-refractivity contribution in [3.8, 4) is 16.9 Å². The van der Waals surface area contributed by atoms with E-state index in [-0.39, 0.29) is 0 Å². The maximum atomic E-state index is 11.8. The summed E-state index contributed by atoms with van der Waals surface area (Å²) in [5, 5.41) is 12.9. The molecule has 3 rings (SSSR count). The minimum absolute atomic E-state index is 0.468. The number of carboxylic acid groups (broad SMARTS) is 1. The zero-order valence-corrected chi connectivity index (χ0v) is 14.1. The maximum absolute atomic E-state index is 11.8. The molecule has 0 atom stereocenters. The molecule has 1 fully saturated rings. The first-order chi connectivity index (χ1) is 11.5. The van der Waals surface area contributed by atoms with E-state index in [4.69, 9.17) is 4.74 Å². The highest BCUT2D eigenvalue weighted by Crippen LogP contribution is 2.32. The fourth-order valence-electron chi connectivity index (χ4n) is 3.21. The minimum atomic E-state index is -1.13. The smallest absolute Gasteiger partial charge is 0.348 e. The van der Waals surface area contributed by atoms with Crippen molar-refractivity contribution in [2.45, 2.75) is 32.3 Å². The normalized spacial score (nSPS) is 16.6. The molecule has 0 aromatic heterocycles. The Morgan fingerprint density at radius 3 is 2.54 bits per heavy atom. The lowest BCUT2D eigenvalue weighted by molar-refractivity contribution is -0.157. The van der Waals surface area contributed by atoms with Crippen molar-refractivity contribution >= 4 is 5.97 Å². The zero-order valence-electron chi connectivity index (χ0n) is 14.1. The largest absolute Gasteiger partial charge is 0.478 e. The number of carbonyl (C=O) groups is 1. The van der Waals surface area contributed by atoms with Crippen LogP contribution >= 0.6 is 0 Å². The first-order valence-corrected chi connectivity index (χ1v) is 8.32. The highest BCUT2D eigenvalue weighted by atomic mass is 16.5. The van der Waals surface area contributed by atoms with Crippen LogP contribution in [0.25, 0.3) is 11.1 Å². The van der Waals surface area contributed by atoms with E-state index in [0.29, 0.717) is 31.7 Å². The van der Waals surface area contributed by atoms with Crippen molar-refractivity contribution in [3.63, 3.8) is 0 Å². The SMILES string of the molecule is Cc1cccc(-c2cccc(OC3(C(=O)O)CCNCC3)c2)c1C. The van der Waals surface area contributed by atoms with Crippen LogP contribution in [0.4, 0.5) is 0 Å². The zero-order chi connectivity index (χ0) is 17.2. The second kappa shape index (κ2) is 6.65. The monoisotopic (exact) mass is 325 g/mol. The first-order valence-electron chi connectivity index (χ1n) is 8.32. The lowest BCUT2D eigenvalue weighted by atomic mass is 9.92. The van der Waals surface area contributed by atoms with E-state index in [2.05, 4.69) is 31.3 Å². The summed E-state index contributed by atoms with van der Waals surface area (Å²) in [5.41, 5.74) is 3.52. The van der Waals surface area contributed by atoms with Gasteiger partial charge in [0.05, 0.1) is 0 Å². The van der Waals surface area contributed by atoms with Crippen molar-refractivity contribution in [1.82, 2.24) is 5.32 Å². The summed E-state index contributed by atoms with van der Waals surface area (Å²) in [4.78, 5) is 11.8. The van der Waals surface area contributed by atoms with Gasteiger partial charge in [-0.05, 0) is 61.3 Å². The van der Waals surface area contributed by atoms with Crippen LogP contribution < -0.4 is 10.1 Å². The highest BCUT2D eigenvalue weighted by Gasteiger charge is 2.42. The Morgan fingerprint density at radius 2 is 1.83 bits per heavy atom. The van der Waals surface area contributed by atoms with Crippen LogP contribution in [0.5, 0.6) is 5.75 Å². The Hall–Kier alpha value is -2.33. The van der Waals surface area contributed by atoms with Gasteiger partial charge < -0.3 is 15.2 Å². The molecular weight excluding hydrogens is 302 g/mol. The first kappa shape index (κ1) is 16.5. The lowest BCUT2D eigenvalue weighted by Gasteiger charge is -2.34. The summed E-state index contributed by atoms with van der Waals surface area (Å²) in [6.07, 6.45) is 0.937. The van der Waals surface area contributed by atoms with Gasteiger partial charge in [-0.25, -0.2) is 4.79 Å². The predicted molar refractivity (Wildman–Crippen MR) is 94.5 cm³/mol. The molecule has 0 radical (unpaired) electrons. The van der Waals surface area contributed by atoms with Gasteiger partial charge in [0.25, 0.3) is 0 Å². The summed E-state index contributed by atoms with van der Waals surface area (Å²) < 4.78 is 6.00. The van der Waals surface area contributed by atoms with Crippen molar-refractivity contribution < 1.29 is 14.6 Å². The standard InChI is InChI=1S/C20H23NO3/c1-14-5-3-8-18(15(14)2)16-6-4-7-17(13-16)24-20(19(22)23)9-11-21-12-10-20/h3-8,13,21H,9-12H2,1-2H3,(H,22,23). The molecule has 2 N–H and O–H groups in total. The number of ether oxygens (including phenoxy) is 1. The maximum Gasteiger partial charge on any atom is 0.348 e. The van der Waals surface area contributed by atoms with E-state index >= 15 is 0 Å². The molecule has 0 spiro atoms. The van der Waals surface area contributed by atoms with Gasteiger partial charge in [-0.2, -0.15) is 0 Å². The molecule has 24 heavy (non-hydrogen) atoms. The van der Waals surface area contributed by atoms with Crippen molar-refractivity contribution in [2.75, 3.05) is 13.1 Å². The van der Waals surface area contributed by atoms with Gasteiger partial charge >= 0.3 is 5.97 Å². The summed E-state index contributed by atoms with van der Waals surface area (Å²) in [7, 11) is 0. The van der Waals surface area contributed by atoms with Gasteiger partial charge in [0.2, 0.25) is 5.60 Å². The quantitative estimate of drug-likeness (QED) is 0.902. The number of carboxylic acids is 1. The molecule has 4 nitrogen and oxygen atoms in total. The molecule has 0 bridgehead atoms. The van der Waals surface area contributed by atoms with E-state index in [9.17, 15) is 9.90 Å². The van der Waals surface area contributed by atoms with Gasteiger partial charge in [0, 0.05) is 12.8 Å². The van der Waals surface area contributed by atoms with Gasteiger partial charge in [0.15, 0.2) is 0 Å². The molecule has 0 amide bonds. The third-order valence-electron chi connectivity index (χ3n) is 4.86. The Morgan fingerprint density at radius 1 is 1.12 bits per heavy atom. The number of hydrogen-bond donors (Lipinski definition) is 2. The molecule has 1 heterocycles. The Balaban J connectivity index is 1.93. The van der Waals surface area contributed by atoms with E-state index in [0.717, 1.165) is 11.1 Å². The minimum Gasteiger partial charge on any atom is -0.478 e. The van der Waals surface area contributed by atoms with E-state index < -0.39 is 11.6 Å².